The smallest absolute Gasteiger partial charge is 0.312 e. The van der Waals surface area contributed by atoms with Gasteiger partial charge in [0.05, 0.1) is 23.3 Å². The number of nitro groups is 1. The number of benzene rings is 2. The summed E-state index contributed by atoms with van der Waals surface area (Å²) < 4.78 is 6.42. The van der Waals surface area contributed by atoms with E-state index in [4.69, 9.17) is 4.74 Å². The average Bonchev–Trinajstić information content (AvgIpc) is 3.01. The van der Waals surface area contributed by atoms with Crippen LogP contribution in [0.25, 0.3) is 0 Å². The van der Waals surface area contributed by atoms with Gasteiger partial charge < -0.3 is 15.4 Å². The van der Waals surface area contributed by atoms with Crippen molar-refractivity contribution in [3.63, 3.8) is 0 Å². The van der Waals surface area contributed by atoms with Crippen LogP contribution in [0.4, 0.5) is 17.1 Å². The molecular weight excluding hydrogens is 402 g/mol. The first-order valence-electron chi connectivity index (χ1n) is 9.33. The molecule has 0 spiro atoms. The Hall–Kier alpha value is -4.21. The molecule has 2 amide bonds. The first-order valence-corrected chi connectivity index (χ1v) is 9.33. The number of aromatic nitrogens is 2. The Kier molecular flexibility index (Phi) is 6.29. The van der Waals surface area contributed by atoms with Crippen LogP contribution in [0.5, 0.6) is 5.75 Å². The van der Waals surface area contributed by atoms with Crippen molar-refractivity contribution in [1.29, 1.82) is 0 Å². The zero-order valence-electron chi connectivity index (χ0n) is 17.2. The molecular formula is C21H21N5O5. The van der Waals surface area contributed by atoms with Crippen LogP contribution in [0, 0.1) is 24.0 Å². The first-order chi connectivity index (χ1) is 14.8. The Morgan fingerprint density at radius 2 is 1.87 bits per heavy atom. The van der Waals surface area contributed by atoms with E-state index in [1.807, 2.05) is 0 Å². The lowest BCUT2D eigenvalue weighted by atomic mass is 10.1. The maximum absolute atomic E-state index is 12.8. The van der Waals surface area contributed by atoms with Gasteiger partial charge in [0, 0.05) is 11.8 Å². The van der Waals surface area contributed by atoms with E-state index in [0.29, 0.717) is 17.1 Å². The average molecular weight is 423 g/mol. The summed E-state index contributed by atoms with van der Waals surface area (Å²) in [5.41, 5.74) is 1.50. The van der Waals surface area contributed by atoms with Gasteiger partial charge in [-0.2, -0.15) is 5.10 Å². The second-order valence-corrected chi connectivity index (χ2v) is 6.71. The van der Waals surface area contributed by atoms with E-state index in [9.17, 15) is 19.7 Å². The molecule has 0 aliphatic carbocycles. The highest BCUT2D eigenvalue weighted by molar-refractivity contribution is 6.10. The first kappa shape index (κ1) is 21.5. The Morgan fingerprint density at radius 1 is 1.13 bits per heavy atom. The molecule has 10 nitrogen and oxygen atoms in total. The van der Waals surface area contributed by atoms with Gasteiger partial charge in [-0.05, 0) is 38.1 Å². The number of para-hydroxylation sites is 1. The fourth-order valence-electron chi connectivity index (χ4n) is 3.12. The van der Waals surface area contributed by atoms with Gasteiger partial charge in [0.2, 0.25) is 5.91 Å². The normalized spacial score (nSPS) is 10.4. The van der Waals surface area contributed by atoms with E-state index in [0.717, 1.165) is 0 Å². The van der Waals surface area contributed by atoms with Gasteiger partial charge in [-0.25, -0.2) is 0 Å². The molecule has 0 unspecified atom stereocenters. The van der Waals surface area contributed by atoms with E-state index in [1.54, 1.807) is 48.5 Å². The Bertz CT molecular complexity index is 1150. The minimum Gasteiger partial charge on any atom is -0.497 e. The zero-order valence-corrected chi connectivity index (χ0v) is 17.2. The van der Waals surface area contributed by atoms with Gasteiger partial charge in [-0.15, -0.1) is 0 Å². The largest absolute Gasteiger partial charge is 0.497 e. The third kappa shape index (κ3) is 4.86. The van der Waals surface area contributed by atoms with Crippen LogP contribution in [0.2, 0.25) is 0 Å². The summed E-state index contributed by atoms with van der Waals surface area (Å²) in [4.78, 5) is 35.9. The molecule has 31 heavy (non-hydrogen) atoms. The highest BCUT2D eigenvalue weighted by Gasteiger charge is 2.23. The second-order valence-electron chi connectivity index (χ2n) is 6.71. The number of aryl methyl sites for hydroxylation is 1. The van der Waals surface area contributed by atoms with Crippen LogP contribution in [0.15, 0.2) is 48.5 Å². The number of ether oxygens (including phenoxy) is 1. The van der Waals surface area contributed by atoms with E-state index in [-0.39, 0.29) is 29.2 Å². The molecule has 10 heteroatoms. The topological polar surface area (TPSA) is 128 Å². The van der Waals surface area contributed by atoms with Gasteiger partial charge in [-0.3, -0.25) is 24.4 Å². The van der Waals surface area contributed by atoms with Crippen molar-refractivity contribution < 1.29 is 19.2 Å². The summed E-state index contributed by atoms with van der Waals surface area (Å²) in [6.45, 7) is 2.81. The summed E-state index contributed by atoms with van der Waals surface area (Å²) in [6, 6.07) is 13.4. The van der Waals surface area contributed by atoms with Gasteiger partial charge in [0.25, 0.3) is 5.91 Å². The van der Waals surface area contributed by atoms with Crippen molar-refractivity contribution in [2.24, 2.45) is 0 Å². The molecule has 160 valence electrons. The quantitative estimate of drug-likeness (QED) is 0.443. The van der Waals surface area contributed by atoms with E-state index < -0.39 is 16.7 Å². The molecule has 3 aromatic rings. The van der Waals surface area contributed by atoms with Gasteiger partial charge in [0.1, 0.15) is 23.7 Å². The number of hydrogen-bond acceptors (Lipinski definition) is 6. The molecule has 0 aliphatic rings. The van der Waals surface area contributed by atoms with Crippen molar-refractivity contribution in [3.05, 3.63) is 75.6 Å². The van der Waals surface area contributed by atoms with Crippen LogP contribution >= 0.6 is 0 Å². The van der Waals surface area contributed by atoms with Gasteiger partial charge in [0.15, 0.2) is 0 Å². The number of rotatable bonds is 7. The fourth-order valence-corrected chi connectivity index (χ4v) is 3.12. The van der Waals surface area contributed by atoms with Crippen LogP contribution in [0.3, 0.4) is 0 Å². The highest BCUT2D eigenvalue weighted by Crippen LogP contribution is 2.23. The lowest BCUT2D eigenvalue weighted by Gasteiger charge is -2.12. The Balaban J connectivity index is 1.76. The number of nitrogens with zero attached hydrogens (tertiary/aromatic N) is 3. The third-order valence-corrected chi connectivity index (χ3v) is 4.59. The Labute approximate surface area is 178 Å². The SMILES string of the molecule is COc1cccc(NC(=O)c2ccccc2NC(=O)Cn2nc(C)c([N+](=O)[O-])c2C)c1. The molecule has 0 fully saturated rings. The number of anilines is 2. The zero-order chi connectivity index (χ0) is 22.5. The van der Waals surface area contributed by atoms with Crippen molar-refractivity contribution in [1.82, 2.24) is 9.78 Å². The minimum absolute atomic E-state index is 0.120. The lowest BCUT2D eigenvalue weighted by molar-refractivity contribution is -0.386. The number of amides is 2. The number of carbonyl (C=O) groups excluding carboxylic acids is 2. The highest BCUT2D eigenvalue weighted by atomic mass is 16.6. The Morgan fingerprint density at radius 3 is 2.55 bits per heavy atom. The maximum atomic E-state index is 12.8. The third-order valence-electron chi connectivity index (χ3n) is 4.59. The number of hydrogen-bond donors (Lipinski definition) is 2. The van der Waals surface area contributed by atoms with Gasteiger partial charge >= 0.3 is 5.69 Å². The summed E-state index contributed by atoms with van der Waals surface area (Å²) in [6.07, 6.45) is 0. The maximum Gasteiger partial charge on any atom is 0.312 e. The monoisotopic (exact) mass is 423 g/mol. The van der Waals surface area contributed by atoms with Gasteiger partial charge in [-0.1, -0.05) is 18.2 Å². The molecule has 1 heterocycles. The molecule has 0 bridgehead atoms. The molecule has 2 aromatic carbocycles. The molecule has 0 saturated carbocycles. The molecule has 3 rings (SSSR count). The van der Waals surface area contributed by atoms with Crippen LogP contribution < -0.4 is 15.4 Å². The summed E-state index contributed by atoms with van der Waals surface area (Å²) in [5.74, 6) is -0.286. The van der Waals surface area contributed by atoms with E-state index >= 15 is 0 Å². The number of nitrogens with one attached hydrogen (secondary N) is 2. The molecule has 0 saturated heterocycles. The minimum atomic E-state index is -0.524. The standard InChI is InChI=1S/C21H21N5O5/c1-13-20(26(29)30)14(2)25(24-13)12-19(27)23-18-10-5-4-9-17(18)21(28)22-15-7-6-8-16(11-15)31-3/h4-11H,12H2,1-3H3,(H,22,28)(H,23,27). The van der Waals surface area contributed by atoms with Crippen molar-refractivity contribution in [3.8, 4) is 5.75 Å². The predicted octanol–water partition coefficient (Wildman–Crippen LogP) is 3.31. The summed E-state index contributed by atoms with van der Waals surface area (Å²) in [7, 11) is 1.53. The molecule has 2 N–H and O–H groups in total. The van der Waals surface area contributed by atoms with Crippen molar-refractivity contribution in [2.75, 3.05) is 17.7 Å². The fraction of sp³-hybridized carbons (Fsp3) is 0.190. The molecule has 0 atom stereocenters. The van der Waals surface area contributed by atoms with Crippen LogP contribution in [-0.4, -0.2) is 33.6 Å². The number of carbonyl (C=O) groups is 2. The molecule has 0 aliphatic heterocycles. The van der Waals surface area contributed by atoms with Crippen molar-refractivity contribution in [2.45, 2.75) is 20.4 Å². The summed E-state index contributed by atoms with van der Waals surface area (Å²) >= 11 is 0. The summed E-state index contributed by atoms with van der Waals surface area (Å²) in [5, 5.41) is 20.7. The van der Waals surface area contributed by atoms with Crippen molar-refractivity contribution >= 4 is 28.9 Å². The lowest BCUT2D eigenvalue weighted by Crippen LogP contribution is -2.22. The van der Waals surface area contributed by atoms with E-state index in [1.165, 1.54) is 25.6 Å². The van der Waals surface area contributed by atoms with Crippen LogP contribution in [0.1, 0.15) is 21.7 Å². The molecule has 0 radical (unpaired) electrons. The second kappa shape index (κ2) is 9.08. The van der Waals surface area contributed by atoms with Crippen LogP contribution in [-0.2, 0) is 11.3 Å². The van der Waals surface area contributed by atoms with E-state index in [2.05, 4.69) is 15.7 Å². The molecule has 1 aromatic heterocycles. The number of methoxy groups -OCH3 is 1. The predicted molar refractivity (Wildman–Crippen MR) is 114 cm³/mol.